The van der Waals surface area contributed by atoms with Gasteiger partial charge in [-0.15, -0.1) is 0 Å². The summed E-state index contributed by atoms with van der Waals surface area (Å²) in [6, 6.07) is 0.0335. The fraction of sp³-hybridized carbons (Fsp3) is 0.800. The summed E-state index contributed by atoms with van der Waals surface area (Å²) in [4.78, 5) is 40.9. The minimum atomic E-state index is -0.101. The third-order valence-corrected chi connectivity index (χ3v) is 4.74. The van der Waals surface area contributed by atoms with Crippen LogP contribution in [0.25, 0.3) is 0 Å². The van der Waals surface area contributed by atoms with Gasteiger partial charge in [-0.25, -0.2) is 4.79 Å². The molecule has 1 aliphatic carbocycles. The Kier molecular flexibility index (Phi) is 4.22. The van der Waals surface area contributed by atoms with Crippen LogP contribution in [-0.4, -0.2) is 78.4 Å². The molecule has 122 valence electrons. The lowest BCUT2D eigenvalue weighted by atomic mass is 10.0. The number of hydrogen-bond donors (Lipinski definition) is 1. The zero-order valence-corrected chi connectivity index (χ0v) is 13.1. The van der Waals surface area contributed by atoms with Crippen molar-refractivity contribution in [3.63, 3.8) is 0 Å². The van der Waals surface area contributed by atoms with Gasteiger partial charge in [0.2, 0.25) is 11.8 Å². The third kappa shape index (κ3) is 3.34. The molecular formula is C15H24N4O3. The average Bonchev–Trinajstić information content (AvgIpc) is 3.30. The lowest BCUT2D eigenvalue weighted by Gasteiger charge is -2.32. The molecule has 7 heteroatoms. The Morgan fingerprint density at radius 1 is 1.09 bits per heavy atom. The van der Waals surface area contributed by atoms with Gasteiger partial charge in [0, 0.05) is 45.2 Å². The maximum atomic E-state index is 12.0. The van der Waals surface area contributed by atoms with Crippen LogP contribution in [0.3, 0.4) is 0 Å². The minimum Gasteiger partial charge on any atom is -0.352 e. The Morgan fingerprint density at radius 3 is 2.32 bits per heavy atom. The van der Waals surface area contributed by atoms with Crippen molar-refractivity contribution < 1.29 is 14.4 Å². The van der Waals surface area contributed by atoms with Gasteiger partial charge in [-0.05, 0) is 25.7 Å². The molecule has 7 nitrogen and oxygen atoms in total. The number of likely N-dealkylation sites (N-methyl/N-ethyl adjacent to an activating group) is 1. The summed E-state index contributed by atoms with van der Waals surface area (Å²) in [5, 5.41) is 3.00. The first-order valence-electron chi connectivity index (χ1n) is 8.13. The molecule has 0 spiro atoms. The second kappa shape index (κ2) is 6.14. The van der Waals surface area contributed by atoms with Gasteiger partial charge >= 0.3 is 6.03 Å². The molecule has 1 saturated carbocycles. The van der Waals surface area contributed by atoms with E-state index in [-0.39, 0.29) is 36.3 Å². The van der Waals surface area contributed by atoms with Crippen molar-refractivity contribution in [3.05, 3.63) is 0 Å². The fourth-order valence-electron chi connectivity index (χ4n) is 3.13. The van der Waals surface area contributed by atoms with Gasteiger partial charge in [-0.2, -0.15) is 0 Å². The van der Waals surface area contributed by atoms with E-state index in [1.54, 1.807) is 16.8 Å². The fourth-order valence-corrected chi connectivity index (χ4v) is 3.13. The van der Waals surface area contributed by atoms with Crippen molar-refractivity contribution in [2.24, 2.45) is 5.92 Å². The molecule has 4 amide bonds. The molecule has 0 radical (unpaired) electrons. The second-order valence-electron chi connectivity index (χ2n) is 6.57. The highest BCUT2D eigenvalue weighted by Crippen LogP contribution is 2.31. The average molecular weight is 308 g/mol. The van der Waals surface area contributed by atoms with Crippen LogP contribution in [0, 0.1) is 5.92 Å². The Morgan fingerprint density at radius 2 is 1.77 bits per heavy atom. The Hall–Kier alpha value is -1.79. The first-order valence-corrected chi connectivity index (χ1v) is 8.13. The highest BCUT2D eigenvalue weighted by molar-refractivity contribution is 5.85. The van der Waals surface area contributed by atoms with E-state index >= 15 is 0 Å². The van der Waals surface area contributed by atoms with Crippen molar-refractivity contribution in [2.45, 2.75) is 31.7 Å². The van der Waals surface area contributed by atoms with Crippen molar-refractivity contribution in [1.82, 2.24) is 20.0 Å². The standard InChI is InChI=1S/C15H24N4O3/c1-17-8-9-19(15(17)22)10-13(20)16-12-4-6-18(7-5-12)14(21)11-2-3-11/h11-12H,2-10H2,1H3,(H,16,20). The second-order valence-corrected chi connectivity index (χ2v) is 6.57. The number of amides is 4. The van der Waals surface area contributed by atoms with E-state index < -0.39 is 0 Å². The number of nitrogens with one attached hydrogen (secondary N) is 1. The molecule has 3 rings (SSSR count). The van der Waals surface area contributed by atoms with Crippen LogP contribution in [0.2, 0.25) is 0 Å². The Labute approximate surface area is 130 Å². The molecule has 0 unspecified atom stereocenters. The monoisotopic (exact) mass is 308 g/mol. The van der Waals surface area contributed by atoms with Gasteiger partial charge in [0.05, 0.1) is 0 Å². The van der Waals surface area contributed by atoms with Gasteiger partial charge < -0.3 is 20.0 Å². The number of urea groups is 1. The highest BCUT2D eigenvalue weighted by atomic mass is 16.2. The quantitative estimate of drug-likeness (QED) is 0.786. The van der Waals surface area contributed by atoms with E-state index in [0.29, 0.717) is 13.1 Å². The Bertz CT molecular complexity index is 469. The van der Waals surface area contributed by atoms with E-state index in [9.17, 15) is 14.4 Å². The van der Waals surface area contributed by atoms with Crippen LogP contribution < -0.4 is 5.32 Å². The van der Waals surface area contributed by atoms with E-state index in [2.05, 4.69) is 5.32 Å². The van der Waals surface area contributed by atoms with Gasteiger partial charge in [-0.1, -0.05) is 0 Å². The van der Waals surface area contributed by atoms with Crippen molar-refractivity contribution in [3.8, 4) is 0 Å². The van der Waals surface area contributed by atoms with E-state index in [1.165, 1.54) is 0 Å². The molecule has 2 aliphatic heterocycles. The minimum absolute atomic E-state index is 0.0833. The molecule has 0 aromatic heterocycles. The van der Waals surface area contributed by atoms with Crippen molar-refractivity contribution in [1.29, 1.82) is 0 Å². The lowest BCUT2D eigenvalue weighted by molar-refractivity contribution is -0.133. The number of piperidine rings is 1. The topological polar surface area (TPSA) is 73.0 Å². The van der Waals surface area contributed by atoms with Crippen LogP contribution in [0.5, 0.6) is 0 Å². The van der Waals surface area contributed by atoms with E-state index in [4.69, 9.17) is 0 Å². The predicted molar refractivity (Wildman–Crippen MR) is 80.1 cm³/mol. The zero-order valence-electron chi connectivity index (χ0n) is 13.1. The van der Waals surface area contributed by atoms with Crippen LogP contribution in [0.15, 0.2) is 0 Å². The molecule has 22 heavy (non-hydrogen) atoms. The van der Waals surface area contributed by atoms with E-state index in [1.807, 2.05) is 4.90 Å². The molecule has 2 saturated heterocycles. The van der Waals surface area contributed by atoms with Gasteiger partial charge in [-0.3, -0.25) is 9.59 Å². The van der Waals surface area contributed by atoms with Gasteiger partial charge in [0.1, 0.15) is 6.54 Å². The van der Waals surface area contributed by atoms with E-state index in [0.717, 1.165) is 38.8 Å². The molecule has 0 atom stereocenters. The van der Waals surface area contributed by atoms with Crippen molar-refractivity contribution >= 4 is 17.8 Å². The first-order chi connectivity index (χ1) is 10.5. The number of hydrogen-bond acceptors (Lipinski definition) is 3. The maximum absolute atomic E-state index is 12.0. The molecule has 3 aliphatic rings. The zero-order chi connectivity index (χ0) is 15.7. The third-order valence-electron chi connectivity index (χ3n) is 4.74. The first kappa shape index (κ1) is 15.1. The molecular weight excluding hydrogens is 284 g/mol. The van der Waals surface area contributed by atoms with Crippen molar-refractivity contribution in [2.75, 3.05) is 39.8 Å². The summed E-state index contributed by atoms with van der Waals surface area (Å²) in [5.41, 5.74) is 0. The summed E-state index contributed by atoms with van der Waals surface area (Å²) in [6.07, 6.45) is 3.68. The largest absolute Gasteiger partial charge is 0.352 e. The molecule has 0 aromatic carbocycles. The number of carbonyl (C=O) groups is 3. The van der Waals surface area contributed by atoms with Crippen LogP contribution >= 0.6 is 0 Å². The molecule has 2 heterocycles. The van der Waals surface area contributed by atoms with Crippen LogP contribution in [0.4, 0.5) is 4.79 Å². The lowest BCUT2D eigenvalue weighted by Crippen LogP contribution is -2.49. The summed E-state index contributed by atoms with van der Waals surface area (Å²) in [6.45, 7) is 2.87. The summed E-state index contributed by atoms with van der Waals surface area (Å²) < 4.78 is 0. The summed E-state index contributed by atoms with van der Waals surface area (Å²) in [5.74, 6) is 0.454. The summed E-state index contributed by atoms with van der Waals surface area (Å²) >= 11 is 0. The number of rotatable bonds is 4. The van der Waals surface area contributed by atoms with Crippen LogP contribution in [-0.2, 0) is 9.59 Å². The number of nitrogens with zero attached hydrogens (tertiary/aromatic N) is 3. The molecule has 0 aromatic rings. The Balaban J connectivity index is 1.39. The SMILES string of the molecule is CN1CCN(CC(=O)NC2CCN(C(=O)C3CC3)CC2)C1=O. The smallest absolute Gasteiger partial charge is 0.320 e. The number of carbonyl (C=O) groups excluding carboxylic acids is 3. The normalized spacial score (nSPS) is 23.1. The molecule has 1 N–H and O–H groups in total. The van der Waals surface area contributed by atoms with Crippen LogP contribution in [0.1, 0.15) is 25.7 Å². The van der Waals surface area contributed by atoms with Gasteiger partial charge in [0.15, 0.2) is 0 Å². The molecule has 0 bridgehead atoms. The number of likely N-dealkylation sites (tertiary alicyclic amines) is 1. The van der Waals surface area contributed by atoms with Gasteiger partial charge in [0.25, 0.3) is 0 Å². The maximum Gasteiger partial charge on any atom is 0.320 e. The highest BCUT2D eigenvalue weighted by Gasteiger charge is 2.35. The summed E-state index contributed by atoms with van der Waals surface area (Å²) in [7, 11) is 1.74. The molecule has 3 fully saturated rings. The predicted octanol–water partition coefficient (Wildman–Crippen LogP) is -0.129.